The van der Waals surface area contributed by atoms with Crippen LogP contribution in [0, 0.1) is 6.92 Å². The topological polar surface area (TPSA) is 98.0 Å². The Morgan fingerprint density at radius 1 is 1.00 bits per heavy atom. The van der Waals surface area contributed by atoms with E-state index >= 15 is 0 Å². The molecule has 0 unspecified atom stereocenters. The van der Waals surface area contributed by atoms with E-state index in [1.54, 1.807) is 13.3 Å². The van der Waals surface area contributed by atoms with Gasteiger partial charge >= 0.3 is 0 Å². The molecule has 0 aliphatic rings. The largest absolute Gasteiger partial charge is 0.497 e. The van der Waals surface area contributed by atoms with Gasteiger partial charge in [-0.05, 0) is 36.2 Å². The summed E-state index contributed by atoms with van der Waals surface area (Å²) in [6.07, 6.45) is 3.18. The Morgan fingerprint density at radius 2 is 1.76 bits per heavy atom. The highest BCUT2D eigenvalue weighted by molar-refractivity contribution is 5.77. The van der Waals surface area contributed by atoms with E-state index in [-0.39, 0.29) is 0 Å². The van der Waals surface area contributed by atoms with Crippen LogP contribution in [-0.2, 0) is 6.54 Å². The fraction of sp³-hybridized carbons (Fsp3) is 0.167. The molecule has 2 aromatic heterocycles. The molecule has 3 aromatic rings. The molecule has 0 bridgehead atoms. The summed E-state index contributed by atoms with van der Waals surface area (Å²) in [5, 5.41) is 6.38. The summed E-state index contributed by atoms with van der Waals surface area (Å²) in [6, 6.07) is 11.6. The van der Waals surface area contributed by atoms with Crippen molar-refractivity contribution in [2.24, 2.45) is 0 Å². The molecule has 0 spiro atoms. The van der Waals surface area contributed by atoms with Gasteiger partial charge < -0.3 is 21.1 Å². The van der Waals surface area contributed by atoms with Gasteiger partial charge in [0, 0.05) is 12.7 Å². The first-order valence-corrected chi connectivity index (χ1v) is 7.83. The second kappa shape index (κ2) is 7.48. The Kier molecular flexibility index (Phi) is 4.94. The number of nitrogens with two attached hydrogens (primary N) is 1. The lowest BCUT2D eigenvalue weighted by Crippen LogP contribution is -2.08. The van der Waals surface area contributed by atoms with E-state index in [0.29, 0.717) is 29.7 Å². The summed E-state index contributed by atoms with van der Waals surface area (Å²) in [5.41, 5.74) is 8.74. The maximum atomic E-state index is 6.19. The molecule has 0 atom stereocenters. The van der Waals surface area contributed by atoms with Gasteiger partial charge in [-0.2, -0.15) is 0 Å². The standard InChI is InChI=1S/C18H20N6O/c1-12-4-3-9-20-16(12)24-18-15(19)17(22-11-23-18)21-10-13-5-7-14(25-2)8-6-13/h3-9,11H,10,19H2,1-2H3,(H2,20,21,22,23,24). The number of anilines is 4. The number of rotatable bonds is 6. The van der Waals surface area contributed by atoms with Gasteiger partial charge in [-0.1, -0.05) is 18.2 Å². The van der Waals surface area contributed by atoms with E-state index in [4.69, 9.17) is 10.5 Å². The molecule has 2 heterocycles. The number of hydrogen-bond donors (Lipinski definition) is 3. The summed E-state index contributed by atoms with van der Waals surface area (Å²) in [5.74, 6) is 2.63. The van der Waals surface area contributed by atoms with Crippen LogP contribution in [0.1, 0.15) is 11.1 Å². The van der Waals surface area contributed by atoms with Crippen LogP contribution in [0.15, 0.2) is 48.9 Å². The van der Waals surface area contributed by atoms with E-state index in [2.05, 4.69) is 25.6 Å². The first-order valence-electron chi connectivity index (χ1n) is 7.83. The summed E-state index contributed by atoms with van der Waals surface area (Å²) >= 11 is 0. The number of nitrogens with one attached hydrogen (secondary N) is 2. The smallest absolute Gasteiger partial charge is 0.160 e. The van der Waals surface area contributed by atoms with Crippen LogP contribution in [0.3, 0.4) is 0 Å². The second-order valence-electron chi connectivity index (χ2n) is 5.48. The zero-order valence-electron chi connectivity index (χ0n) is 14.2. The van der Waals surface area contributed by atoms with Crippen molar-refractivity contribution in [3.63, 3.8) is 0 Å². The number of hydrogen-bond acceptors (Lipinski definition) is 7. The Labute approximate surface area is 146 Å². The Balaban J connectivity index is 1.73. The van der Waals surface area contributed by atoms with E-state index < -0.39 is 0 Å². The fourth-order valence-electron chi connectivity index (χ4n) is 2.29. The fourth-order valence-corrected chi connectivity index (χ4v) is 2.29. The molecular formula is C18H20N6O. The van der Waals surface area contributed by atoms with Gasteiger partial charge in [-0.15, -0.1) is 0 Å². The van der Waals surface area contributed by atoms with Crippen LogP contribution >= 0.6 is 0 Å². The maximum Gasteiger partial charge on any atom is 0.160 e. The monoisotopic (exact) mass is 336 g/mol. The van der Waals surface area contributed by atoms with Gasteiger partial charge in [0.25, 0.3) is 0 Å². The molecule has 0 amide bonds. The summed E-state index contributed by atoms with van der Waals surface area (Å²) in [6.45, 7) is 2.56. The number of benzene rings is 1. The molecule has 1 aromatic carbocycles. The van der Waals surface area contributed by atoms with Crippen LogP contribution in [0.25, 0.3) is 0 Å². The number of methoxy groups -OCH3 is 1. The lowest BCUT2D eigenvalue weighted by molar-refractivity contribution is 0.414. The molecule has 0 saturated heterocycles. The predicted molar refractivity (Wildman–Crippen MR) is 99.0 cm³/mol. The van der Waals surface area contributed by atoms with Crippen molar-refractivity contribution in [3.05, 3.63) is 60.0 Å². The predicted octanol–water partition coefficient (Wildman–Crippen LogP) is 3.13. The van der Waals surface area contributed by atoms with Gasteiger partial charge in [-0.3, -0.25) is 0 Å². The molecule has 4 N–H and O–H groups in total. The highest BCUT2D eigenvalue weighted by atomic mass is 16.5. The minimum absolute atomic E-state index is 0.445. The molecule has 0 aliphatic carbocycles. The molecule has 0 fully saturated rings. The Hall–Kier alpha value is -3.35. The third-order valence-corrected chi connectivity index (χ3v) is 3.75. The highest BCUT2D eigenvalue weighted by Gasteiger charge is 2.10. The highest BCUT2D eigenvalue weighted by Crippen LogP contribution is 2.26. The lowest BCUT2D eigenvalue weighted by atomic mass is 10.2. The zero-order chi connectivity index (χ0) is 17.6. The number of ether oxygens (including phenoxy) is 1. The van der Waals surface area contributed by atoms with Crippen molar-refractivity contribution in [1.29, 1.82) is 0 Å². The molecule has 0 saturated carbocycles. The average molecular weight is 336 g/mol. The number of aromatic nitrogens is 3. The second-order valence-corrected chi connectivity index (χ2v) is 5.48. The van der Waals surface area contributed by atoms with Crippen molar-refractivity contribution in [3.8, 4) is 5.75 Å². The quantitative estimate of drug-likeness (QED) is 0.636. The van der Waals surface area contributed by atoms with Crippen LogP contribution in [0.5, 0.6) is 5.75 Å². The van der Waals surface area contributed by atoms with Crippen molar-refractivity contribution in [1.82, 2.24) is 15.0 Å². The lowest BCUT2D eigenvalue weighted by Gasteiger charge is -2.13. The summed E-state index contributed by atoms with van der Waals surface area (Å²) in [4.78, 5) is 12.7. The summed E-state index contributed by atoms with van der Waals surface area (Å²) < 4.78 is 5.16. The SMILES string of the molecule is COc1ccc(CNc2ncnc(Nc3ncccc3C)c2N)cc1. The number of nitrogens with zero attached hydrogens (tertiary/aromatic N) is 3. The van der Waals surface area contributed by atoms with Crippen molar-refractivity contribution in [2.45, 2.75) is 13.5 Å². The molecule has 25 heavy (non-hydrogen) atoms. The van der Waals surface area contributed by atoms with Crippen LogP contribution < -0.4 is 21.1 Å². The molecule has 0 radical (unpaired) electrons. The van der Waals surface area contributed by atoms with Crippen molar-refractivity contribution in [2.75, 3.05) is 23.5 Å². The molecule has 0 aliphatic heterocycles. The number of pyridine rings is 1. The van der Waals surface area contributed by atoms with Gasteiger partial charge in [-0.25, -0.2) is 15.0 Å². The van der Waals surface area contributed by atoms with E-state index in [1.165, 1.54) is 6.33 Å². The number of aryl methyl sites for hydroxylation is 1. The third kappa shape index (κ3) is 3.95. The molecule has 128 valence electrons. The minimum atomic E-state index is 0.445. The van der Waals surface area contributed by atoms with E-state index in [9.17, 15) is 0 Å². The first-order chi connectivity index (χ1) is 12.2. The van der Waals surface area contributed by atoms with Crippen LogP contribution in [-0.4, -0.2) is 22.1 Å². The van der Waals surface area contributed by atoms with E-state index in [0.717, 1.165) is 16.9 Å². The first kappa shape index (κ1) is 16.5. The molecule has 3 rings (SSSR count). The van der Waals surface area contributed by atoms with E-state index in [1.807, 2.05) is 43.3 Å². The van der Waals surface area contributed by atoms with Crippen LogP contribution in [0.4, 0.5) is 23.1 Å². The molecule has 7 nitrogen and oxygen atoms in total. The van der Waals surface area contributed by atoms with Gasteiger partial charge in [0.05, 0.1) is 7.11 Å². The van der Waals surface area contributed by atoms with Gasteiger partial charge in [0.15, 0.2) is 11.6 Å². The minimum Gasteiger partial charge on any atom is -0.497 e. The maximum absolute atomic E-state index is 6.19. The normalized spacial score (nSPS) is 10.3. The number of nitrogen functional groups attached to an aromatic ring is 1. The van der Waals surface area contributed by atoms with Crippen molar-refractivity contribution >= 4 is 23.1 Å². The molecule has 7 heteroatoms. The Morgan fingerprint density at radius 3 is 2.48 bits per heavy atom. The third-order valence-electron chi connectivity index (χ3n) is 3.75. The van der Waals surface area contributed by atoms with Gasteiger partial charge in [0.1, 0.15) is 23.6 Å². The van der Waals surface area contributed by atoms with Gasteiger partial charge in [0.2, 0.25) is 0 Å². The summed E-state index contributed by atoms with van der Waals surface area (Å²) in [7, 11) is 1.65. The average Bonchev–Trinajstić information content (AvgIpc) is 2.64. The zero-order valence-corrected chi connectivity index (χ0v) is 14.2. The van der Waals surface area contributed by atoms with Crippen LogP contribution in [0.2, 0.25) is 0 Å². The van der Waals surface area contributed by atoms with Crippen molar-refractivity contribution < 1.29 is 4.74 Å². The molecular weight excluding hydrogens is 316 g/mol. The Bertz CT molecular complexity index is 850.